The highest BCUT2D eigenvalue weighted by molar-refractivity contribution is 4.99. The predicted octanol–water partition coefficient (Wildman–Crippen LogP) is 0.320. The van der Waals surface area contributed by atoms with Crippen molar-refractivity contribution in [2.75, 3.05) is 19.6 Å². The van der Waals surface area contributed by atoms with Gasteiger partial charge in [-0.15, -0.1) is 0 Å². The number of nitrogens with one attached hydrogen (secondary N) is 2. The summed E-state index contributed by atoms with van der Waals surface area (Å²) in [4.78, 5) is 0. The molecule has 2 aliphatic heterocycles. The van der Waals surface area contributed by atoms with Gasteiger partial charge in [0.1, 0.15) is 5.72 Å². The Kier molecular flexibility index (Phi) is 1.72. The lowest BCUT2D eigenvalue weighted by molar-refractivity contribution is -0.201. The van der Waals surface area contributed by atoms with Crippen molar-refractivity contribution in [3.63, 3.8) is 0 Å². The predicted molar refractivity (Wildman–Crippen MR) is 47.9 cm³/mol. The topological polar surface area (TPSA) is 33.3 Å². The van der Waals surface area contributed by atoms with Crippen LogP contribution in [0.2, 0.25) is 0 Å². The highest BCUT2D eigenvalue weighted by Gasteiger charge is 2.46. The molecule has 70 valence electrons. The van der Waals surface area contributed by atoms with Crippen molar-refractivity contribution in [3.05, 3.63) is 0 Å². The molecule has 2 saturated heterocycles. The molecule has 0 aromatic carbocycles. The normalized spacial score (nSPS) is 37.8. The van der Waals surface area contributed by atoms with Crippen molar-refractivity contribution in [2.24, 2.45) is 5.41 Å². The Morgan fingerprint density at radius 3 is 2.33 bits per heavy atom. The Labute approximate surface area is 73.9 Å². The van der Waals surface area contributed by atoms with E-state index in [2.05, 4.69) is 31.4 Å². The second-order valence-electron chi connectivity index (χ2n) is 4.70. The van der Waals surface area contributed by atoms with E-state index in [1.165, 1.54) is 0 Å². The molecular formula is C9H18N2O. The third-order valence-corrected chi connectivity index (χ3v) is 3.19. The quantitative estimate of drug-likeness (QED) is 0.549. The van der Waals surface area contributed by atoms with Gasteiger partial charge >= 0.3 is 0 Å². The summed E-state index contributed by atoms with van der Waals surface area (Å²) >= 11 is 0. The molecule has 0 amide bonds. The molecule has 2 aliphatic rings. The van der Waals surface area contributed by atoms with Gasteiger partial charge in [-0.05, 0) is 6.92 Å². The van der Waals surface area contributed by atoms with E-state index in [-0.39, 0.29) is 11.1 Å². The van der Waals surface area contributed by atoms with Gasteiger partial charge in [0.05, 0.1) is 6.10 Å². The van der Waals surface area contributed by atoms with Crippen molar-refractivity contribution in [3.8, 4) is 0 Å². The lowest BCUT2D eigenvalue weighted by atomic mass is 9.84. The zero-order valence-electron chi connectivity index (χ0n) is 8.11. The van der Waals surface area contributed by atoms with Crippen molar-refractivity contribution in [2.45, 2.75) is 32.6 Å². The van der Waals surface area contributed by atoms with Crippen LogP contribution in [0, 0.1) is 5.41 Å². The number of hydrogen-bond acceptors (Lipinski definition) is 3. The summed E-state index contributed by atoms with van der Waals surface area (Å²) in [5, 5.41) is 6.70. The molecule has 2 N–H and O–H groups in total. The Morgan fingerprint density at radius 1 is 1.25 bits per heavy atom. The summed E-state index contributed by atoms with van der Waals surface area (Å²) in [5.41, 5.74) is 0.232. The van der Waals surface area contributed by atoms with Crippen LogP contribution in [0.25, 0.3) is 0 Å². The lowest BCUT2D eigenvalue weighted by Gasteiger charge is -2.53. The third kappa shape index (κ3) is 1.16. The molecule has 0 bridgehead atoms. The fourth-order valence-corrected chi connectivity index (χ4v) is 1.63. The molecular weight excluding hydrogens is 152 g/mol. The highest BCUT2D eigenvalue weighted by atomic mass is 16.5. The van der Waals surface area contributed by atoms with Gasteiger partial charge in [-0.2, -0.15) is 0 Å². The zero-order chi connectivity index (χ0) is 8.82. The molecule has 2 rings (SSSR count). The second kappa shape index (κ2) is 2.44. The first kappa shape index (κ1) is 8.48. The summed E-state index contributed by atoms with van der Waals surface area (Å²) in [7, 11) is 0. The molecule has 3 nitrogen and oxygen atoms in total. The maximum atomic E-state index is 5.95. The molecule has 2 heterocycles. The van der Waals surface area contributed by atoms with Crippen molar-refractivity contribution in [1.82, 2.24) is 10.6 Å². The van der Waals surface area contributed by atoms with Crippen LogP contribution < -0.4 is 10.6 Å². The van der Waals surface area contributed by atoms with E-state index in [0.29, 0.717) is 6.10 Å². The Bertz CT molecular complexity index is 187. The zero-order valence-corrected chi connectivity index (χ0v) is 8.11. The van der Waals surface area contributed by atoms with Crippen LogP contribution in [0.15, 0.2) is 0 Å². The maximum absolute atomic E-state index is 5.95. The average Bonchev–Trinajstić information content (AvgIpc) is 1.92. The average molecular weight is 170 g/mol. The minimum absolute atomic E-state index is 0.0328. The fraction of sp³-hybridized carbons (Fsp3) is 1.00. The third-order valence-electron chi connectivity index (χ3n) is 3.19. The first-order valence-corrected chi connectivity index (χ1v) is 4.68. The van der Waals surface area contributed by atoms with Crippen molar-refractivity contribution < 1.29 is 4.74 Å². The van der Waals surface area contributed by atoms with Gasteiger partial charge in [0.15, 0.2) is 0 Å². The molecule has 1 unspecified atom stereocenters. The molecule has 0 aromatic rings. The largest absolute Gasteiger partial charge is 0.354 e. The summed E-state index contributed by atoms with van der Waals surface area (Å²) in [6.07, 6.45) is 0.348. The molecule has 1 atom stereocenters. The van der Waals surface area contributed by atoms with Crippen LogP contribution >= 0.6 is 0 Å². The van der Waals surface area contributed by atoms with Crippen molar-refractivity contribution >= 4 is 0 Å². The maximum Gasteiger partial charge on any atom is 0.144 e. The van der Waals surface area contributed by atoms with Gasteiger partial charge < -0.3 is 10.1 Å². The summed E-state index contributed by atoms with van der Waals surface area (Å²) in [6, 6.07) is 0. The standard InChI is InChI=1S/C9H18N2O/c1-7-8(2,3)4-11-9(12-7)5-10-6-9/h7,10-11H,4-6H2,1-3H3. The van der Waals surface area contributed by atoms with E-state index in [0.717, 1.165) is 19.6 Å². The van der Waals surface area contributed by atoms with E-state index in [4.69, 9.17) is 4.74 Å². The summed E-state index contributed by atoms with van der Waals surface area (Å²) in [5.74, 6) is 0. The Balaban J connectivity index is 2.03. The first-order valence-electron chi connectivity index (χ1n) is 4.68. The summed E-state index contributed by atoms with van der Waals surface area (Å²) < 4.78 is 5.95. The van der Waals surface area contributed by atoms with Gasteiger partial charge in [0.2, 0.25) is 0 Å². The van der Waals surface area contributed by atoms with Gasteiger partial charge in [-0.25, -0.2) is 0 Å². The fourth-order valence-electron chi connectivity index (χ4n) is 1.63. The van der Waals surface area contributed by atoms with E-state index >= 15 is 0 Å². The van der Waals surface area contributed by atoms with Crippen LogP contribution in [0.3, 0.4) is 0 Å². The van der Waals surface area contributed by atoms with E-state index in [1.54, 1.807) is 0 Å². The first-order chi connectivity index (χ1) is 5.54. The molecule has 2 fully saturated rings. The van der Waals surface area contributed by atoms with Gasteiger partial charge in [0, 0.05) is 25.0 Å². The van der Waals surface area contributed by atoms with Gasteiger partial charge in [-0.1, -0.05) is 13.8 Å². The van der Waals surface area contributed by atoms with Crippen LogP contribution in [-0.2, 0) is 4.74 Å². The number of rotatable bonds is 0. The monoisotopic (exact) mass is 170 g/mol. The van der Waals surface area contributed by atoms with Crippen molar-refractivity contribution in [1.29, 1.82) is 0 Å². The van der Waals surface area contributed by atoms with Crippen LogP contribution in [-0.4, -0.2) is 31.5 Å². The second-order valence-corrected chi connectivity index (χ2v) is 4.70. The SMILES string of the molecule is CC1OC2(CNC2)NCC1(C)C. The van der Waals surface area contributed by atoms with Gasteiger partial charge in [-0.3, -0.25) is 5.32 Å². The highest BCUT2D eigenvalue weighted by Crippen LogP contribution is 2.32. The lowest BCUT2D eigenvalue weighted by Crippen LogP contribution is -2.74. The molecule has 0 radical (unpaired) electrons. The van der Waals surface area contributed by atoms with E-state index in [1.807, 2.05) is 0 Å². The van der Waals surface area contributed by atoms with E-state index in [9.17, 15) is 0 Å². The van der Waals surface area contributed by atoms with E-state index < -0.39 is 0 Å². The molecule has 12 heavy (non-hydrogen) atoms. The van der Waals surface area contributed by atoms with Crippen LogP contribution in [0.4, 0.5) is 0 Å². The minimum atomic E-state index is -0.0328. The molecule has 0 saturated carbocycles. The Morgan fingerprint density at radius 2 is 1.92 bits per heavy atom. The van der Waals surface area contributed by atoms with Crippen LogP contribution in [0.1, 0.15) is 20.8 Å². The van der Waals surface area contributed by atoms with Gasteiger partial charge in [0.25, 0.3) is 0 Å². The molecule has 0 aromatic heterocycles. The molecule has 1 spiro atoms. The molecule has 3 heteroatoms. The molecule has 0 aliphatic carbocycles. The number of ether oxygens (including phenoxy) is 1. The van der Waals surface area contributed by atoms with Crippen LogP contribution in [0.5, 0.6) is 0 Å². The summed E-state index contributed by atoms with van der Waals surface area (Å²) in [6.45, 7) is 9.60. The Hall–Kier alpha value is -0.120. The number of hydrogen-bond donors (Lipinski definition) is 2. The minimum Gasteiger partial charge on any atom is -0.354 e. The smallest absolute Gasteiger partial charge is 0.144 e.